The Bertz CT molecular complexity index is 389. The lowest BCUT2D eigenvalue weighted by atomic mass is 10.2. The van der Waals surface area contributed by atoms with Gasteiger partial charge >= 0.3 is 0 Å². The third-order valence-electron chi connectivity index (χ3n) is 2.81. The Balaban J connectivity index is 1.91. The predicted octanol–water partition coefficient (Wildman–Crippen LogP) is 1.05. The first-order valence-electron chi connectivity index (χ1n) is 5.97. The highest BCUT2D eigenvalue weighted by Gasteiger charge is 2.22. The topological polar surface area (TPSA) is 64.4 Å². The molecule has 0 aliphatic heterocycles. The lowest BCUT2D eigenvalue weighted by Crippen LogP contribution is -2.29. The van der Waals surface area contributed by atoms with Gasteiger partial charge < -0.3 is 15.8 Å². The Kier molecular flexibility index (Phi) is 3.98. The summed E-state index contributed by atoms with van der Waals surface area (Å²) in [6, 6.07) is 7.77. The Morgan fingerprint density at radius 1 is 1.41 bits per heavy atom. The number of carbonyl (C=O) groups is 1. The molecule has 1 aliphatic carbocycles. The van der Waals surface area contributed by atoms with Crippen molar-refractivity contribution in [2.45, 2.75) is 19.4 Å². The Hall–Kier alpha value is -1.55. The maximum atomic E-state index is 11.1. The second kappa shape index (κ2) is 5.68. The Labute approximate surface area is 101 Å². The number of hydrogen-bond donors (Lipinski definition) is 2. The Morgan fingerprint density at radius 3 is 2.88 bits per heavy atom. The van der Waals surface area contributed by atoms with Gasteiger partial charge in [0.25, 0.3) is 0 Å². The fourth-order valence-electron chi connectivity index (χ4n) is 1.55. The van der Waals surface area contributed by atoms with E-state index in [-0.39, 0.29) is 12.5 Å². The summed E-state index contributed by atoms with van der Waals surface area (Å²) >= 11 is 0. The monoisotopic (exact) mass is 234 g/mol. The van der Waals surface area contributed by atoms with Gasteiger partial charge in [0.1, 0.15) is 5.75 Å². The van der Waals surface area contributed by atoms with Gasteiger partial charge in [-0.05, 0) is 24.8 Å². The molecule has 1 amide bonds. The van der Waals surface area contributed by atoms with Gasteiger partial charge in [-0.25, -0.2) is 0 Å². The van der Waals surface area contributed by atoms with Crippen LogP contribution >= 0.6 is 0 Å². The summed E-state index contributed by atoms with van der Waals surface area (Å²) in [6.07, 6.45) is 2.54. The SMILES string of the molecule is NCC(=O)NCc1ccccc1OCC1CC1. The lowest BCUT2D eigenvalue weighted by Gasteiger charge is -2.11. The van der Waals surface area contributed by atoms with Gasteiger partial charge in [-0.2, -0.15) is 0 Å². The number of hydrogen-bond acceptors (Lipinski definition) is 3. The summed E-state index contributed by atoms with van der Waals surface area (Å²) in [5.41, 5.74) is 6.23. The minimum atomic E-state index is -0.151. The zero-order chi connectivity index (χ0) is 12.1. The summed E-state index contributed by atoms with van der Waals surface area (Å²) in [5.74, 6) is 1.43. The molecule has 0 unspecified atom stereocenters. The minimum absolute atomic E-state index is 0.0189. The van der Waals surface area contributed by atoms with Crippen LogP contribution in [0, 0.1) is 5.92 Å². The van der Waals surface area contributed by atoms with Crippen molar-refractivity contribution < 1.29 is 9.53 Å². The molecule has 0 atom stereocenters. The first-order chi connectivity index (χ1) is 8.29. The number of amides is 1. The zero-order valence-corrected chi connectivity index (χ0v) is 9.82. The molecule has 0 bridgehead atoms. The van der Waals surface area contributed by atoms with Crippen LogP contribution in [0.2, 0.25) is 0 Å². The number of ether oxygens (including phenoxy) is 1. The van der Waals surface area contributed by atoms with Crippen LogP contribution in [0.5, 0.6) is 5.75 Å². The number of rotatable bonds is 6. The maximum Gasteiger partial charge on any atom is 0.234 e. The molecule has 0 heterocycles. The standard InChI is InChI=1S/C13H18N2O2/c14-7-13(16)15-8-11-3-1-2-4-12(11)17-9-10-5-6-10/h1-4,10H,5-9,14H2,(H,15,16). The third kappa shape index (κ3) is 3.75. The average Bonchev–Trinajstić information content (AvgIpc) is 3.18. The maximum absolute atomic E-state index is 11.1. The summed E-state index contributed by atoms with van der Waals surface area (Å²) in [5, 5.41) is 2.75. The van der Waals surface area contributed by atoms with E-state index in [1.165, 1.54) is 12.8 Å². The van der Waals surface area contributed by atoms with E-state index in [0.717, 1.165) is 23.8 Å². The molecular weight excluding hydrogens is 216 g/mol. The number of nitrogens with two attached hydrogens (primary N) is 1. The van der Waals surface area contributed by atoms with Crippen molar-refractivity contribution in [1.82, 2.24) is 5.32 Å². The van der Waals surface area contributed by atoms with Crippen molar-refractivity contribution in [2.75, 3.05) is 13.2 Å². The van der Waals surface area contributed by atoms with Gasteiger partial charge in [-0.3, -0.25) is 4.79 Å². The van der Waals surface area contributed by atoms with Crippen molar-refractivity contribution in [3.05, 3.63) is 29.8 Å². The number of carbonyl (C=O) groups excluding carboxylic acids is 1. The molecule has 0 saturated heterocycles. The van der Waals surface area contributed by atoms with Gasteiger partial charge in [-0.15, -0.1) is 0 Å². The van der Waals surface area contributed by atoms with Gasteiger partial charge in [0.2, 0.25) is 5.91 Å². The molecule has 0 spiro atoms. The molecule has 92 valence electrons. The minimum Gasteiger partial charge on any atom is -0.493 e. The average molecular weight is 234 g/mol. The van der Waals surface area contributed by atoms with Crippen LogP contribution in [0.4, 0.5) is 0 Å². The molecule has 3 N–H and O–H groups in total. The van der Waals surface area contributed by atoms with Crippen molar-refractivity contribution in [1.29, 1.82) is 0 Å². The number of para-hydroxylation sites is 1. The number of benzene rings is 1. The molecule has 17 heavy (non-hydrogen) atoms. The van der Waals surface area contributed by atoms with Crippen molar-refractivity contribution in [2.24, 2.45) is 11.7 Å². The smallest absolute Gasteiger partial charge is 0.234 e. The highest BCUT2D eigenvalue weighted by Crippen LogP contribution is 2.30. The van der Waals surface area contributed by atoms with Crippen LogP contribution < -0.4 is 15.8 Å². The summed E-state index contributed by atoms with van der Waals surface area (Å²) < 4.78 is 5.74. The van der Waals surface area contributed by atoms with Crippen LogP contribution in [0.1, 0.15) is 18.4 Å². The van der Waals surface area contributed by atoms with Crippen LogP contribution in [-0.4, -0.2) is 19.1 Å². The van der Waals surface area contributed by atoms with E-state index in [1.54, 1.807) is 0 Å². The predicted molar refractivity (Wildman–Crippen MR) is 65.6 cm³/mol. The van der Waals surface area contributed by atoms with Gasteiger partial charge in [0, 0.05) is 12.1 Å². The second-order valence-corrected chi connectivity index (χ2v) is 4.34. The molecule has 1 saturated carbocycles. The van der Waals surface area contributed by atoms with Crippen LogP contribution in [0.15, 0.2) is 24.3 Å². The van der Waals surface area contributed by atoms with Crippen molar-refractivity contribution >= 4 is 5.91 Å². The van der Waals surface area contributed by atoms with E-state index < -0.39 is 0 Å². The van der Waals surface area contributed by atoms with Crippen LogP contribution in [0.25, 0.3) is 0 Å². The normalized spacial score (nSPS) is 14.4. The quantitative estimate of drug-likeness (QED) is 0.773. The molecule has 4 nitrogen and oxygen atoms in total. The first kappa shape index (κ1) is 11.9. The van der Waals surface area contributed by atoms with E-state index in [0.29, 0.717) is 6.54 Å². The zero-order valence-electron chi connectivity index (χ0n) is 9.82. The molecule has 4 heteroatoms. The molecule has 0 aromatic heterocycles. The highest BCUT2D eigenvalue weighted by molar-refractivity contribution is 5.77. The summed E-state index contributed by atoms with van der Waals surface area (Å²) in [4.78, 5) is 11.1. The second-order valence-electron chi connectivity index (χ2n) is 4.34. The van der Waals surface area contributed by atoms with Crippen molar-refractivity contribution in [3.8, 4) is 5.75 Å². The fourth-order valence-corrected chi connectivity index (χ4v) is 1.55. The third-order valence-corrected chi connectivity index (χ3v) is 2.81. The fraction of sp³-hybridized carbons (Fsp3) is 0.462. The first-order valence-corrected chi connectivity index (χ1v) is 5.97. The lowest BCUT2D eigenvalue weighted by molar-refractivity contribution is -0.119. The van der Waals surface area contributed by atoms with Gasteiger partial charge in [-0.1, -0.05) is 18.2 Å². The molecule has 2 rings (SSSR count). The largest absolute Gasteiger partial charge is 0.493 e. The van der Waals surface area contributed by atoms with Crippen LogP contribution in [-0.2, 0) is 11.3 Å². The Morgan fingerprint density at radius 2 is 2.18 bits per heavy atom. The van der Waals surface area contributed by atoms with E-state index in [4.69, 9.17) is 10.5 Å². The number of nitrogens with one attached hydrogen (secondary N) is 1. The molecule has 1 aliphatic rings. The van der Waals surface area contributed by atoms with Crippen LogP contribution in [0.3, 0.4) is 0 Å². The summed E-state index contributed by atoms with van der Waals surface area (Å²) in [7, 11) is 0. The summed E-state index contributed by atoms with van der Waals surface area (Å²) in [6.45, 7) is 1.27. The molecule has 1 fully saturated rings. The van der Waals surface area contributed by atoms with Gasteiger partial charge in [0.05, 0.1) is 13.2 Å². The van der Waals surface area contributed by atoms with E-state index >= 15 is 0 Å². The van der Waals surface area contributed by atoms with Gasteiger partial charge in [0.15, 0.2) is 0 Å². The molecular formula is C13H18N2O2. The molecule has 0 radical (unpaired) electrons. The van der Waals surface area contributed by atoms with Crippen molar-refractivity contribution in [3.63, 3.8) is 0 Å². The van der Waals surface area contributed by atoms with E-state index in [9.17, 15) is 4.79 Å². The molecule has 1 aromatic carbocycles. The molecule has 1 aromatic rings. The van der Waals surface area contributed by atoms with E-state index in [2.05, 4.69) is 5.32 Å². The highest BCUT2D eigenvalue weighted by atomic mass is 16.5. The van der Waals surface area contributed by atoms with E-state index in [1.807, 2.05) is 24.3 Å².